The van der Waals surface area contributed by atoms with E-state index < -0.39 is 23.5 Å². The van der Waals surface area contributed by atoms with Crippen molar-refractivity contribution in [1.29, 1.82) is 0 Å². The van der Waals surface area contributed by atoms with Gasteiger partial charge in [-0.15, -0.1) is 0 Å². The Morgan fingerprint density at radius 3 is 2.58 bits per heavy atom. The van der Waals surface area contributed by atoms with E-state index in [0.717, 1.165) is 10.0 Å². The maximum absolute atomic E-state index is 12.5. The Morgan fingerprint density at radius 2 is 2.04 bits per heavy atom. The largest absolute Gasteiger partial charge is 0.460 e. The molecule has 6 nitrogen and oxygen atoms in total. The Kier molecular flexibility index (Phi) is 5.32. The van der Waals surface area contributed by atoms with E-state index in [2.05, 4.69) is 15.9 Å². The molecule has 1 aromatic rings. The van der Waals surface area contributed by atoms with Gasteiger partial charge in [-0.05, 0) is 44.9 Å². The molecule has 1 aromatic carbocycles. The number of halogens is 1. The molecule has 0 fully saturated rings. The molecule has 0 saturated carbocycles. The van der Waals surface area contributed by atoms with E-state index in [1.54, 1.807) is 32.9 Å². The first-order valence-corrected chi connectivity index (χ1v) is 8.49. The number of hydrogen-bond acceptors (Lipinski definition) is 4. The van der Waals surface area contributed by atoms with E-state index in [1.165, 1.54) is 4.90 Å². The standard InChI is InChI=1S/C17H21BrN2O4/c1-17(2,3)24-14(21)8-7-13(15(19)22)20-9-11-10(16(20)23)5-4-6-12(11)18/h4-6,13H,7-9H2,1-3H3,(H2,19,22)/t13-/m0/s1. The number of carbonyl (C=O) groups excluding carboxylic acids is 3. The van der Waals surface area contributed by atoms with Gasteiger partial charge in [0.2, 0.25) is 5.91 Å². The van der Waals surface area contributed by atoms with Crippen molar-refractivity contribution in [2.45, 2.75) is 51.8 Å². The monoisotopic (exact) mass is 396 g/mol. The lowest BCUT2D eigenvalue weighted by Crippen LogP contribution is -2.45. The number of carbonyl (C=O) groups is 3. The number of hydrogen-bond donors (Lipinski definition) is 1. The maximum Gasteiger partial charge on any atom is 0.306 e. The van der Waals surface area contributed by atoms with Gasteiger partial charge in [-0.25, -0.2) is 0 Å². The Bertz CT molecular complexity index is 682. The zero-order chi connectivity index (χ0) is 18.1. The molecule has 0 bridgehead atoms. The van der Waals surface area contributed by atoms with E-state index in [1.807, 2.05) is 6.07 Å². The van der Waals surface area contributed by atoms with Gasteiger partial charge >= 0.3 is 5.97 Å². The summed E-state index contributed by atoms with van der Waals surface area (Å²) >= 11 is 3.41. The number of esters is 1. The van der Waals surface area contributed by atoms with Gasteiger partial charge in [-0.3, -0.25) is 14.4 Å². The van der Waals surface area contributed by atoms with Gasteiger partial charge in [0.25, 0.3) is 5.91 Å². The van der Waals surface area contributed by atoms with Gasteiger partial charge in [-0.2, -0.15) is 0 Å². The van der Waals surface area contributed by atoms with Crippen LogP contribution in [0.2, 0.25) is 0 Å². The van der Waals surface area contributed by atoms with Crippen molar-refractivity contribution in [3.63, 3.8) is 0 Å². The molecule has 2 amide bonds. The summed E-state index contributed by atoms with van der Waals surface area (Å²) in [5, 5.41) is 0. The van der Waals surface area contributed by atoms with E-state index >= 15 is 0 Å². The first kappa shape index (κ1) is 18.4. The predicted octanol–water partition coefficient (Wildman–Crippen LogP) is 2.38. The second-order valence-electron chi connectivity index (χ2n) is 6.74. The van der Waals surface area contributed by atoms with Crippen LogP contribution in [-0.4, -0.2) is 34.3 Å². The molecule has 2 rings (SSSR count). The Balaban J connectivity index is 2.10. The SMILES string of the molecule is CC(C)(C)OC(=O)CC[C@@H](C(N)=O)N1Cc2c(Br)cccc2C1=O. The lowest BCUT2D eigenvalue weighted by atomic mass is 10.1. The Hall–Kier alpha value is -1.89. The summed E-state index contributed by atoms with van der Waals surface area (Å²) in [6, 6.07) is 4.48. The summed E-state index contributed by atoms with van der Waals surface area (Å²) in [4.78, 5) is 37.7. The molecule has 0 saturated heterocycles. The number of primary amides is 1. The second kappa shape index (κ2) is 6.93. The van der Waals surface area contributed by atoms with Gasteiger partial charge in [0.1, 0.15) is 11.6 Å². The zero-order valence-electron chi connectivity index (χ0n) is 14.0. The van der Waals surface area contributed by atoms with E-state index in [0.29, 0.717) is 5.56 Å². The minimum atomic E-state index is -0.843. The van der Waals surface area contributed by atoms with Crippen molar-refractivity contribution in [2.24, 2.45) is 5.73 Å². The van der Waals surface area contributed by atoms with E-state index in [-0.39, 0.29) is 25.3 Å². The highest BCUT2D eigenvalue weighted by Crippen LogP contribution is 2.31. The fraction of sp³-hybridized carbons (Fsp3) is 0.471. The number of amides is 2. The van der Waals surface area contributed by atoms with Crippen molar-refractivity contribution in [1.82, 2.24) is 4.90 Å². The zero-order valence-corrected chi connectivity index (χ0v) is 15.6. The molecular formula is C17H21BrN2O4. The van der Waals surface area contributed by atoms with Crippen molar-refractivity contribution in [3.8, 4) is 0 Å². The summed E-state index contributed by atoms with van der Waals surface area (Å²) in [6.45, 7) is 5.61. The molecular weight excluding hydrogens is 376 g/mol. The third-order valence-electron chi connectivity index (χ3n) is 3.69. The molecule has 0 aliphatic carbocycles. The number of rotatable bonds is 5. The number of ether oxygens (including phenoxy) is 1. The van der Waals surface area contributed by atoms with Crippen molar-refractivity contribution >= 4 is 33.7 Å². The second-order valence-corrected chi connectivity index (χ2v) is 7.60. The summed E-state index contributed by atoms with van der Waals surface area (Å²) in [5.41, 5.74) is 6.25. The van der Waals surface area contributed by atoms with Crippen molar-refractivity contribution in [3.05, 3.63) is 33.8 Å². The van der Waals surface area contributed by atoms with Crippen LogP contribution in [0.4, 0.5) is 0 Å². The fourth-order valence-corrected chi connectivity index (χ4v) is 3.16. The molecule has 2 N–H and O–H groups in total. The van der Waals surface area contributed by atoms with E-state index in [9.17, 15) is 14.4 Å². The third-order valence-corrected chi connectivity index (χ3v) is 4.43. The van der Waals surface area contributed by atoms with Crippen LogP contribution in [0.15, 0.2) is 22.7 Å². The van der Waals surface area contributed by atoms with E-state index in [4.69, 9.17) is 10.5 Å². The smallest absolute Gasteiger partial charge is 0.306 e. The van der Waals surface area contributed by atoms with Crippen LogP contribution in [0.25, 0.3) is 0 Å². The molecule has 1 heterocycles. The number of benzene rings is 1. The third kappa shape index (κ3) is 4.14. The van der Waals surface area contributed by atoms with Gasteiger partial charge in [0.05, 0.1) is 0 Å². The number of nitrogens with zero attached hydrogens (tertiary/aromatic N) is 1. The lowest BCUT2D eigenvalue weighted by Gasteiger charge is -2.25. The summed E-state index contributed by atoms with van der Waals surface area (Å²) < 4.78 is 6.05. The average Bonchev–Trinajstić information content (AvgIpc) is 2.76. The van der Waals surface area contributed by atoms with Crippen LogP contribution in [0.5, 0.6) is 0 Å². The first-order chi connectivity index (χ1) is 11.1. The molecule has 1 aliphatic heterocycles. The van der Waals surface area contributed by atoms with Crippen molar-refractivity contribution in [2.75, 3.05) is 0 Å². The van der Waals surface area contributed by atoms with Crippen LogP contribution >= 0.6 is 15.9 Å². The highest BCUT2D eigenvalue weighted by molar-refractivity contribution is 9.10. The molecule has 1 atom stereocenters. The first-order valence-electron chi connectivity index (χ1n) is 7.69. The van der Waals surface area contributed by atoms with Gasteiger partial charge in [-0.1, -0.05) is 22.0 Å². The van der Waals surface area contributed by atoms with Crippen LogP contribution in [0.1, 0.15) is 49.5 Å². The maximum atomic E-state index is 12.5. The van der Waals surface area contributed by atoms with Gasteiger partial charge < -0.3 is 15.4 Å². The fourth-order valence-electron chi connectivity index (χ4n) is 2.67. The van der Waals surface area contributed by atoms with Crippen LogP contribution in [0, 0.1) is 0 Å². The molecule has 0 aromatic heterocycles. The highest BCUT2D eigenvalue weighted by Gasteiger charge is 2.36. The summed E-state index contributed by atoms with van der Waals surface area (Å²) in [7, 11) is 0. The van der Waals surface area contributed by atoms with Crippen molar-refractivity contribution < 1.29 is 19.1 Å². The Labute approximate surface area is 149 Å². The number of nitrogens with two attached hydrogens (primary N) is 1. The normalized spacial score (nSPS) is 15.2. The summed E-state index contributed by atoms with van der Waals surface area (Å²) in [6.07, 6.45) is 0.160. The topological polar surface area (TPSA) is 89.7 Å². The van der Waals surface area contributed by atoms with Gasteiger partial charge in [0.15, 0.2) is 0 Å². The highest BCUT2D eigenvalue weighted by atomic mass is 79.9. The molecule has 24 heavy (non-hydrogen) atoms. The van der Waals surface area contributed by atoms with Gasteiger partial charge in [0, 0.05) is 23.0 Å². The Morgan fingerprint density at radius 1 is 1.38 bits per heavy atom. The van der Waals surface area contributed by atoms with Crippen LogP contribution in [-0.2, 0) is 20.9 Å². The van der Waals surface area contributed by atoms with Crippen LogP contribution < -0.4 is 5.73 Å². The molecule has 0 unspecified atom stereocenters. The minimum Gasteiger partial charge on any atom is -0.460 e. The number of fused-ring (bicyclic) bond motifs is 1. The minimum absolute atomic E-state index is 0.0200. The average molecular weight is 397 g/mol. The quantitative estimate of drug-likeness (QED) is 0.773. The molecule has 0 spiro atoms. The molecule has 130 valence electrons. The summed E-state index contributed by atoms with van der Waals surface area (Å²) in [5.74, 6) is -1.30. The predicted molar refractivity (Wildman–Crippen MR) is 92.1 cm³/mol. The molecule has 7 heteroatoms. The lowest BCUT2D eigenvalue weighted by molar-refractivity contribution is -0.155. The van der Waals surface area contributed by atoms with Crippen LogP contribution in [0.3, 0.4) is 0 Å². The molecule has 1 aliphatic rings. The molecule has 0 radical (unpaired) electrons.